The smallest absolute Gasteiger partial charge is 0.348 e. The topological polar surface area (TPSA) is 119 Å². The molecular weight excluding hydrogens is 540 g/mol. The molecule has 0 amide bonds. The van der Waals surface area contributed by atoms with Gasteiger partial charge in [-0.1, -0.05) is 37.8 Å². The molecule has 0 aliphatic carbocycles. The molecule has 0 N–H and O–H groups in total. The molecule has 222 valence electrons. The lowest BCUT2D eigenvalue weighted by molar-refractivity contribution is -0.671. The Labute approximate surface area is 246 Å². The zero-order chi connectivity index (χ0) is 30.2. The quantitative estimate of drug-likeness (QED) is 0.175. The molecule has 0 saturated carbocycles. The number of nitrogens with zero attached hydrogens (tertiary/aromatic N) is 2. The van der Waals surface area contributed by atoms with Gasteiger partial charge in [0.25, 0.3) is 5.79 Å². The number of hydrogen-bond donors (Lipinski definition) is 0. The largest absolute Gasteiger partial charge is 0.575 e. The van der Waals surface area contributed by atoms with Crippen molar-refractivity contribution in [1.82, 2.24) is 0 Å². The standard InChI is InChI=1S/C19H20O8.C12H14N2.CH4/c1-18(2)24-14(20)12(15(21)25-18)10-8-6-5-7-9-11-13-16(22)26-19(3,4)27-17(13)23;1-13-7-3-11(4-8-13)12-5-9-14(2)10-6-12;/h5-11,20H,1-4H3;3-10H,1-2H3;1H4/q;+2;/p-1. The second-order valence-electron chi connectivity index (χ2n) is 9.99. The molecular formula is C32H37N2O8+. The number of allylic oxidation sites excluding steroid dienone is 6. The molecule has 0 aromatic carbocycles. The number of carbonyl (C=O) groups is 3. The van der Waals surface area contributed by atoms with Gasteiger partial charge in [0.1, 0.15) is 19.7 Å². The van der Waals surface area contributed by atoms with Crippen LogP contribution in [-0.4, -0.2) is 29.5 Å². The Hall–Kier alpha value is -4.99. The summed E-state index contributed by atoms with van der Waals surface area (Å²) in [6.07, 6.45) is 18.3. The van der Waals surface area contributed by atoms with Crippen LogP contribution in [0.25, 0.3) is 11.1 Å². The third kappa shape index (κ3) is 9.58. The van der Waals surface area contributed by atoms with Crippen molar-refractivity contribution in [3.63, 3.8) is 0 Å². The van der Waals surface area contributed by atoms with Crippen molar-refractivity contribution in [1.29, 1.82) is 0 Å². The normalized spacial score (nSPS) is 17.6. The summed E-state index contributed by atoms with van der Waals surface area (Å²) in [4.78, 5) is 35.2. The lowest BCUT2D eigenvalue weighted by Gasteiger charge is -2.38. The Morgan fingerprint density at radius 2 is 1.05 bits per heavy atom. The third-order valence-corrected chi connectivity index (χ3v) is 5.49. The van der Waals surface area contributed by atoms with Crippen molar-refractivity contribution in [3.8, 4) is 11.1 Å². The second kappa shape index (κ2) is 14.1. The fourth-order valence-corrected chi connectivity index (χ4v) is 3.48. The zero-order valence-electron chi connectivity index (χ0n) is 23.8. The molecule has 2 aromatic rings. The van der Waals surface area contributed by atoms with Crippen LogP contribution in [0.5, 0.6) is 0 Å². The van der Waals surface area contributed by atoms with E-state index in [9.17, 15) is 19.5 Å². The molecule has 0 unspecified atom stereocenters. The van der Waals surface area contributed by atoms with E-state index in [1.165, 1.54) is 75.3 Å². The number of cyclic esters (lactones) is 3. The highest BCUT2D eigenvalue weighted by Crippen LogP contribution is 2.24. The monoisotopic (exact) mass is 577 g/mol. The number of rotatable bonds is 5. The number of carbonyl (C=O) groups excluding carboxylic acids is 3. The first-order valence-corrected chi connectivity index (χ1v) is 12.7. The first-order chi connectivity index (χ1) is 19.3. The molecule has 42 heavy (non-hydrogen) atoms. The summed E-state index contributed by atoms with van der Waals surface area (Å²) in [5.74, 6) is -5.63. The third-order valence-electron chi connectivity index (χ3n) is 5.49. The first kappa shape index (κ1) is 33.2. The predicted molar refractivity (Wildman–Crippen MR) is 151 cm³/mol. The van der Waals surface area contributed by atoms with E-state index in [4.69, 9.17) is 18.9 Å². The number of ether oxygens (including phenoxy) is 4. The van der Waals surface area contributed by atoms with Gasteiger partial charge in [0.2, 0.25) is 0 Å². The van der Waals surface area contributed by atoms with E-state index in [1.54, 1.807) is 6.08 Å². The Balaban J connectivity index is 0.000000344. The molecule has 1 fully saturated rings. The van der Waals surface area contributed by atoms with Gasteiger partial charge in [0.05, 0.1) is 11.5 Å². The maximum atomic E-state index is 11.7. The molecule has 0 radical (unpaired) electrons. The van der Waals surface area contributed by atoms with Gasteiger partial charge in [-0.05, 0) is 37.1 Å². The highest BCUT2D eigenvalue weighted by atomic mass is 16.8. The lowest BCUT2D eigenvalue weighted by atomic mass is 10.1. The number of hydrogen-bond acceptors (Lipinski definition) is 8. The molecule has 10 heteroatoms. The van der Waals surface area contributed by atoms with Crippen LogP contribution in [0.3, 0.4) is 0 Å². The van der Waals surface area contributed by atoms with Crippen LogP contribution >= 0.6 is 0 Å². The van der Waals surface area contributed by atoms with Gasteiger partial charge in [0.15, 0.2) is 30.6 Å². The molecule has 2 aliphatic rings. The molecule has 4 rings (SSSR count). The van der Waals surface area contributed by atoms with E-state index >= 15 is 0 Å². The van der Waals surface area contributed by atoms with Crippen molar-refractivity contribution >= 4 is 17.9 Å². The summed E-state index contributed by atoms with van der Waals surface area (Å²) in [7, 11) is 4.05. The highest BCUT2D eigenvalue weighted by Gasteiger charge is 2.38. The van der Waals surface area contributed by atoms with E-state index in [0.29, 0.717) is 0 Å². The van der Waals surface area contributed by atoms with Gasteiger partial charge < -0.3 is 24.1 Å². The number of pyridine rings is 2. The maximum absolute atomic E-state index is 11.7. The minimum absolute atomic E-state index is 0. The fraction of sp³-hybridized carbons (Fsp3) is 0.281. The van der Waals surface area contributed by atoms with Crippen LogP contribution < -0.4 is 14.2 Å². The van der Waals surface area contributed by atoms with Gasteiger partial charge >= 0.3 is 17.9 Å². The number of aryl methyl sites for hydroxylation is 2. The van der Waals surface area contributed by atoms with Crippen molar-refractivity contribution in [2.75, 3.05) is 0 Å². The van der Waals surface area contributed by atoms with E-state index in [0.717, 1.165) is 0 Å². The fourth-order valence-electron chi connectivity index (χ4n) is 3.48. The Morgan fingerprint density at radius 3 is 1.52 bits per heavy atom. The molecule has 0 spiro atoms. The molecule has 1 saturated heterocycles. The average Bonchev–Trinajstić information content (AvgIpc) is 2.86. The van der Waals surface area contributed by atoms with Gasteiger partial charge in [-0.2, -0.15) is 0 Å². The minimum Gasteiger partial charge on any atom is -0.575 e. The van der Waals surface area contributed by atoms with Crippen LogP contribution in [0.15, 0.2) is 109 Å². The SMILES string of the molecule is C.CC1(C)OC(=O)C(=CC=CC=CC=CC2=C([O-])OC(C)(C)OC2=O)C(=O)O1.C[n+]1ccc(-c2cc[n+](C)cc2)cc1. The van der Waals surface area contributed by atoms with Gasteiger partial charge in [-0.25, -0.2) is 23.5 Å². The van der Waals surface area contributed by atoms with E-state index < -0.39 is 35.4 Å². The minimum atomic E-state index is -1.28. The van der Waals surface area contributed by atoms with Crippen molar-refractivity contribution in [2.24, 2.45) is 14.1 Å². The lowest BCUT2D eigenvalue weighted by Crippen LogP contribution is -2.41. The van der Waals surface area contributed by atoms with Gasteiger partial charge in [-0.15, -0.1) is 0 Å². The van der Waals surface area contributed by atoms with Crippen LogP contribution in [-0.2, 0) is 47.4 Å². The summed E-state index contributed by atoms with van der Waals surface area (Å²) < 4.78 is 23.9. The Bertz CT molecular complexity index is 1380. The second-order valence-corrected chi connectivity index (χ2v) is 9.99. The number of esters is 3. The number of aromatic nitrogens is 2. The first-order valence-electron chi connectivity index (χ1n) is 12.7. The summed E-state index contributed by atoms with van der Waals surface area (Å²) in [6.45, 7) is 5.84. The van der Waals surface area contributed by atoms with Gasteiger partial charge in [0, 0.05) is 38.1 Å². The summed E-state index contributed by atoms with van der Waals surface area (Å²) in [5, 5.41) is 11.7. The Morgan fingerprint density at radius 1 is 0.643 bits per heavy atom. The van der Waals surface area contributed by atoms with Crippen LogP contribution in [0.2, 0.25) is 0 Å². The molecule has 10 nitrogen and oxygen atoms in total. The van der Waals surface area contributed by atoms with E-state index in [-0.39, 0.29) is 18.6 Å². The summed E-state index contributed by atoms with van der Waals surface area (Å²) >= 11 is 0. The maximum Gasteiger partial charge on any atom is 0.348 e. The van der Waals surface area contributed by atoms with Crippen LogP contribution in [0, 0.1) is 0 Å². The van der Waals surface area contributed by atoms with E-state index in [1.807, 2.05) is 23.2 Å². The van der Waals surface area contributed by atoms with Crippen LogP contribution in [0.1, 0.15) is 35.1 Å². The predicted octanol–water partition coefficient (Wildman–Crippen LogP) is 2.94. The van der Waals surface area contributed by atoms with Crippen molar-refractivity contribution in [3.05, 3.63) is 109 Å². The molecule has 2 aliphatic heterocycles. The molecule has 2 aromatic heterocycles. The zero-order valence-corrected chi connectivity index (χ0v) is 23.8. The van der Waals surface area contributed by atoms with E-state index in [2.05, 4.69) is 49.1 Å². The Kier molecular flexibility index (Phi) is 11.1. The molecule has 0 bridgehead atoms. The van der Waals surface area contributed by atoms with Crippen molar-refractivity contribution < 1.29 is 47.6 Å². The molecule has 0 atom stereocenters. The summed E-state index contributed by atoms with van der Waals surface area (Å²) in [6, 6.07) is 8.48. The van der Waals surface area contributed by atoms with Crippen molar-refractivity contribution in [2.45, 2.75) is 46.7 Å². The van der Waals surface area contributed by atoms with Crippen LogP contribution in [0.4, 0.5) is 0 Å². The molecule has 4 heterocycles. The van der Waals surface area contributed by atoms with Gasteiger partial charge in [-0.3, -0.25) is 0 Å². The highest BCUT2D eigenvalue weighted by molar-refractivity contribution is 6.15. The summed E-state index contributed by atoms with van der Waals surface area (Å²) in [5.41, 5.74) is 2.06. The average molecular weight is 578 g/mol.